The number of nitrogens with zero attached hydrogens (tertiary/aromatic N) is 3. The number of anilines is 2. The average Bonchev–Trinajstić information content (AvgIpc) is 3.01. The quantitative estimate of drug-likeness (QED) is 0.749. The zero-order valence-corrected chi connectivity index (χ0v) is 14.4. The van der Waals surface area contributed by atoms with Crippen LogP contribution in [0.1, 0.15) is 29.6 Å². The van der Waals surface area contributed by atoms with E-state index in [-0.39, 0.29) is 18.0 Å². The largest absolute Gasteiger partial charge is 0.496 e. The fourth-order valence-corrected chi connectivity index (χ4v) is 3.43. The topological polar surface area (TPSA) is 78.0 Å². The third-order valence-corrected chi connectivity index (χ3v) is 4.73. The Morgan fingerprint density at radius 1 is 1.20 bits per heavy atom. The first-order valence-corrected chi connectivity index (χ1v) is 8.40. The summed E-state index contributed by atoms with van der Waals surface area (Å²) in [4.78, 5) is 4.33. The molecule has 0 saturated carbocycles. The van der Waals surface area contributed by atoms with Gasteiger partial charge >= 0.3 is 0 Å². The second kappa shape index (κ2) is 6.29. The lowest BCUT2D eigenvalue weighted by Crippen LogP contribution is -2.28. The minimum Gasteiger partial charge on any atom is -0.496 e. The van der Waals surface area contributed by atoms with Gasteiger partial charge in [0.1, 0.15) is 5.75 Å². The Bertz CT molecular complexity index is 893. The molecule has 0 unspecified atom stereocenters. The van der Waals surface area contributed by atoms with Crippen LogP contribution < -0.4 is 15.8 Å². The van der Waals surface area contributed by atoms with Gasteiger partial charge in [0.15, 0.2) is 0 Å². The van der Waals surface area contributed by atoms with Crippen LogP contribution in [0.4, 0.5) is 11.9 Å². The lowest BCUT2D eigenvalue weighted by atomic mass is 9.93. The van der Waals surface area contributed by atoms with E-state index in [1.54, 1.807) is 7.11 Å². The maximum absolute atomic E-state index is 6.02. The van der Waals surface area contributed by atoms with Gasteiger partial charge in [0.05, 0.1) is 19.2 Å². The van der Waals surface area contributed by atoms with Crippen LogP contribution in [0.5, 0.6) is 5.75 Å². The molecule has 6 nitrogen and oxygen atoms in total. The predicted molar refractivity (Wildman–Crippen MR) is 98.0 cm³/mol. The van der Waals surface area contributed by atoms with E-state index < -0.39 is 0 Å². The molecule has 1 aromatic heterocycles. The molecular weight excluding hydrogens is 338 g/mol. The van der Waals surface area contributed by atoms with E-state index >= 15 is 0 Å². The van der Waals surface area contributed by atoms with E-state index in [1.807, 2.05) is 47.1 Å². The fourth-order valence-electron chi connectivity index (χ4n) is 3.31. The summed E-state index contributed by atoms with van der Waals surface area (Å²) >= 11 is 6.02. The highest BCUT2D eigenvalue weighted by Gasteiger charge is 2.32. The predicted octanol–water partition coefficient (Wildman–Crippen LogP) is 3.67. The molecule has 0 radical (unpaired) electrons. The van der Waals surface area contributed by atoms with Crippen LogP contribution >= 0.6 is 11.6 Å². The number of methoxy groups -OCH3 is 1. The molecular formula is C18H18ClN5O. The zero-order valence-electron chi connectivity index (χ0n) is 13.7. The van der Waals surface area contributed by atoms with Crippen molar-refractivity contribution in [2.75, 3.05) is 18.2 Å². The van der Waals surface area contributed by atoms with Crippen molar-refractivity contribution in [2.24, 2.45) is 0 Å². The molecule has 0 saturated heterocycles. The normalized spacial score (nSPS) is 19.1. The lowest BCUT2D eigenvalue weighted by molar-refractivity contribution is 0.380. The first-order valence-electron chi connectivity index (χ1n) is 8.02. The van der Waals surface area contributed by atoms with Gasteiger partial charge in [0.25, 0.3) is 0 Å². The first kappa shape index (κ1) is 15.8. The number of aromatic nitrogens is 3. The number of ether oxygens (including phenoxy) is 1. The molecule has 2 atom stereocenters. The molecule has 1 aliphatic heterocycles. The smallest absolute Gasteiger partial charge is 0.241 e. The van der Waals surface area contributed by atoms with Crippen molar-refractivity contribution in [1.82, 2.24) is 14.8 Å². The van der Waals surface area contributed by atoms with Crippen molar-refractivity contribution in [3.63, 3.8) is 0 Å². The minimum absolute atomic E-state index is 0.0297. The van der Waals surface area contributed by atoms with Gasteiger partial charge in [-0.3, -0.25) is 0 Å². The summed E-state index contributed by atoms with van der Waals surface area (Å²) in [7, 11) is 1.67. The van der Waals surface area contributed by atoms with E-state index in [1.165, 1.54) is 0 Å². The fraction of sp³-hybridized carbons (Fsp3) is 0.222. The molecule has 2 aromatic carbocycles. The Balaban J connectivity index is 1.78. The van der Waals surface area contributed by atoms with Crippen molar-refractivity contribution in [3.05, 3.63) is 64.7 Å². The number of para-hydroxylation sites is 1. The maximum Gasteiger partial charge on any atom is 0.241 e. The molecule has 3 N–H and O–H groups in total. The van der Waals surface area contributed by atoms with E-state index in [0.29, 0.717) is 11.0 Å². The van der Waals surface area contributed by atoms with Crippen molar-refractivity contribution >= 4 is 23.5 Å². The molecule has 3 aromatic rings. The molecule has 25 heavy (non-hydrogen) atoms. The SMILES string of the molecule is COc1ccccc1[C@H]1C[C@@H](c2ccc(Cl)cc2)Nc2nc(N)nn21. The number of hydrogen-bond donors (Lipinski definition) is 2. The number of fused-ring (bicyclic) bond motifs is 1. The van der Waals surface area contributed by atoms with Crippen molar-refractivity contribution in [1.29, 1.82) is 0 Å². The summed E-state index contributed by atoms with van der Waals surface area (Å²) in [5.74, 6) is 1.73. The highest BCUT2D eigenvalue weighted by molar-refractivity contribution is 6.30. The van der Waals surface area contributed by atoms with E-state index in [9.17, 15) is 0 Å². The van der Waals surface area contributed by atoms with E-state index in [4.69, 9.17) is 22.1 Å². The molecule has 0 aliphatic carbocycles. The van der Waals surface area contributed by atoms with Crippen molar-refractivity contribution < 1.29 is 4.74 Å². The number of nitrogens with two attached hydrogens (primary N) is 1. The monoisotopic (exact) mass is 355 g/mol. The Kier molecular flexibility index (Phi) is 3.97. The standard InChI is InChI=1S/C18H18ClN5O/c1-25-16-5-3-2-4-13(16)15-10-14(11-6-8-12(19)9-7-11)21-18-22-17(20)23-24(15)18/h2-9,14-15H,10H2,1H3,(H3,20,21,22,23)/t14-,15+/m0/s1. The molecule has 2 heterocycles. The van der Waals surface area contributed by atoms with Gasteiger partial charge in [0.2, 0.25) is 11.9 Å². The van der Waals surface area contributed by atoms with Gasteiger partial charge in [-0.15, -0.1) is 5.10 Å². The molecule has 4 rings (SSSR count). The van der Waals surface area contributed by atoms with Crippen LogP contribution in [0.3, 0.4) is 0 Å². The second-order valence-corrected chi connectivity index (χ2v) is 6.42. The Hall–Kier alpha value is -2.73. The van der Waals surface area contributed by atoms with Crippen LogP contribution in [-0.4, -0.2) is 21.9 Å². The maximum atomic E-state index is 6.02. The number of halogens is 1. The van der Waals surface area contributed by atoms with Gasteiger partial charge in [-0.1, -0.05) is 41.9 Å². The summed E-state index contributed by atoms with van der Waals surface area (Å²) in [6.45, 7) is 0. The lowest BCUT2D eigenvalue weighted by Gasteiger charge is -2.32. The van der Waals surface area contributed by atoms with E-state index in [2.05, 4.69) is 21.5 Å². The Labute approximate surface area is 150 Å². The number of nitrogen functional groups attached to an aromatic ring is 1. The molecule has 0 bridgehead atoms. The van der Waals surface area contributed by atoms with Crippen LogP contribution in [0.15, 0.2) is 48.5 Å². The third-order valence-electron chi connectivity index (χ3n) is 4.48. The molecule has 7 heteroatoms. The summed E-state index contributed by atoms with van der Waals surface area (Å²) in [5.41, 5.74) is 8.03. The molecule has 0 amide bonds. The summed E-state index contributed by atoms with van der Waals surface area (Å²) in [6, 6.07) is 15.8. The van der Waals surface area contributed by atoms with Gasteiger partial charge in [0, 0.05) is 10.6 Å². The van der Waals surface area contributed by atoms with Crippen molar-refractivity contribution in [3.8, 4) is 5.75 Å². The molecule has 1 aliphatic rings. The first-order chi connectivity index (χ1) is 12.2. The summed E-state index contributed by atoms with van der Waals surface area (Å²) < 4.78 is 7.38. The summed E-state index contributed by atoms with van der Waals surface area (Å²) in [5, 5.41) is 8.50. The Morgan fingerprint density at radius 2 is 1.96 bits per heavy atom. The summed E-state index contributed by atoms with van der Waals surface area (Å²) in [6.07, 6.45) is 0.789. The van der Waals surface area contributed by atoms with E-state index in [0.717, 1.165) is 23.3 Å². The number of rotatable bonds is 3. The number of hydrogen-bond acceptors (Lipinski definition) is 5. The molecule has 128 valence electrons. The molecule has 0 fully saturated rings. The van der Waals surface area contributed by atoms with Crippen LogP contribution in [0.25, 0.3) is 0 Å². The highest BCUT2D eigenvalue weighted by Crippen LogP contribution is 2.40. The van der Waals surface area contributed by atoms with Gasteiger partial charge in [-0.25, -0.2) is 4.68 Å². The minimum atomic E-state index is -0.0297. The second-order valence-electron chi connectivity index (χ2n) is 5.98. The number of benzene rings is 2. The van der Waals surface area contributed by atoms with Gasteiger partial charge in [-0.05, 0) is 30.2 Å². The average molecular weight is 356 g/mol. The van der Waals surface area contributed by atoms with Crippen LogP contribution in [0.2, 0.25) is 5.02 Å². The van der Waals surface area contributed by atoms with Gasteiger partial charge in [-0.2, -0.15) is 4.98 Å². The zero-order chi connectivity index (χ0) is 17.4. The van der Waals surface area contributed by atoms with Crippen LogP contribution in [0, 0.1) is 0 Å². The van der Waals surface area contributed by atoms with Crippen LogP contribution in [-0.2, 0) is 0 Å². The number of nitrogens with one attached hydrogen (secondary N) is 1. The van der Waals surface area contributed by atoms with Gasteiger partial charge < -0.3 is 15.8 Å². The van der Waals surface area contributed by atoms with Crippen molar-refractivity contribution in [2.45, 2.75) is 18.5 Å². The molecule has 0 spiro atoms. The highest BCUT2D eigenvalue weighted by atomic mass is 35.5. The third kappa shape index (κ3) is 2.89. The Morgan fingerprint density at radius 3 is 2.72 bits per heavy atom.